The number of carbonyl (C=O) groups is 1. The van der Waals surface area contributed by atoms with Gasteiger partial charge in [0.1, 0.15) is 11.6 Å². The Hall–Kier alpha value is -2.32. The van der Waals surface area contributed by atoms with Crippen LogP contribution in [0.15, 0.2) is 48.5 Å². The van der Waals surface area contributed by atoms with Crippen LogP contribution in [0.1, 0.15) is 36.9 Å². The second-order valence-corrected chi connectivity index (χ2v) is 9.27. The summed E-state index contributed by atoms with van der Waals surface area (Å²) in [5, 5.41) is 2.91. The zero-order valence-electron chi connectivity index (χ0n) is 16.1. The van der Waals surface area contributed by atoms with E-state index in [0.717, 1.165) is 5.56 Å². The van der Waals surface area contributed by atoms with Crippen molar-refractivity contribution in [3.05, 3.63) is 71.3 Å². The van der Waals surface area contributed by atoms with E-state index < -0.39 is 21.6 Å². The molecule has 1 aliphatic heterocycles. The van der Waals surface area contributed by atoms with E-state index in [1.54, 1.807) is 18.2 Å². The molecule has 156 valence electrons. The van der Waals surface area contributed by atoms with Crippen LogP contribution in [0.5, 0.6) is 0 Å². The van der Waals surface area contributed by atoms with Crippen molar-refractivity contribution in [3.8, 4) is 0 Å². The minimum atomic E-state index is -3.65. The summed E-state index contributed by atoms with van der Waals surface area (Å²) >= 11 is 0. The largest absolute Gasteiger partial charge is 0.349 e. The average molecular weight is 422 g/mol. The summed E-state index contributed by atoms with van der Waals surface area (Å²) in [7, 11) is -3.65. The zero-order valence-corrected chi connectivity index (χ0v) is 17.0. The minimum Gasteiger partial charge on any atom is -0.349 e. The fourth-order valence-electron chi connectivity index (χ4n) is 3.47. The van der Waals surface area contributed by atoms with Gasteiger partial charge in [-0.3, -0.25) is 4.79 Å². The van der Waals surface area contributed by atoms with E-state index in [1.807, 2.05) is 6.92 Å². The van der Waals surface area contributed by atoms with Gasteiger partial charge in [0.05, 0.1) is 11.8 Å². The van der Waals surface area contributed by atoms with Gasteiger partial charge in [0.25, 0.3) is 0 Å². The van der Waals surface area contributed by atoms with Crippen LogP contribution in [0.2, 0.25) is 0 Å². The highest BCUT2D eigenvalue weighted by Gasteiger charge is 2.32. The molecule has 5 nitrogen and oxygen atoms in total. The summed E-state index contributed by atoms with van der Waals surface area (Å²) in [4.78, 5) is 12.5. The molecule has 0 bridgehead atoms. The van der Waals surface area contributed by atoms with Gasteiger partial charge in [-0.2, -0.15) is 0 Å². The number of carbonyl (C=O) groups excluding carboxylic acids is 1. The second-order valence-electron chi connectivity index (χ2n) is 7.30. The van der Waals surface area contributed by atoms with E-state index in [4.69, 9.17) is 0 Å². The van der Waals surface area contributed by atoms with Gasteiger partial charge in [-0.1, -0.05) is 30.3 Å². The summed E-state index contributed by atoms with van der Waals surface area (Å²) in [5.74, 6) is -1.71. The van der Waals surface area contributed by atoms with Gasteiger partial charge in [-0.25, -0.2) is 21.5 Å². The predicted molar refractivity (Wildman–Crippen MR) is 106 cm³/mol. The molecular weight excluding hydrogens is 398 g/mol. The highest BCUT2D eigenvalue weighted by Crippen LogP contribution is 2.23. The molecule has 1 N–H and O–H groups in total. The summed E-state index contributed by atoms with van der Waals surface area (Å²) in [6.45, 7) is 2.26. The predicted octanol–water partition coefficient (Wildman–Crippen LogP) is 3.38. The summed E-state index contributed by atoms with van der Waals surface area (Å²) < 4.78 is 53.3. The molecule has 8 heteroatoms. The number of amides is 1. The van der Waals surface area contributed by atoms with E-state index in [9.17, 15) is 22.0 Å². The molecule has 2 aromatic rings. The quantitative estimate of drug-likeness (QED) is 0.776. The van der Waals surface area contributed by atoms with E-state index in [-0.39, 0.29) is 42.3 Å². The van der Waals surface area contributed by atoms with Crippen LogP contribution >= 0.6 is 0 Å². The van der Waals surface area contributed by atoms with Crippen LogP contribution in [-0.4, -0.2) is 31.7 Å². The van der Waals surface area contributed by atoms with Crippen molar-refractivity contribution in [2.45, 2.75) is 31.6 Å². The normalized spacial score (nSPS) is 17.1. The van der Waals surface area contributed by atoms with Gasteiger partial charge < -0.3 is 5.32 Å². The monoisotopic (exact) mass is 422 g/mol. The van der Waals surface area contributed by atoms with E-state index >= 15 is 0 Å². The van der Waals surface area contributed by atoms with Crippen LogP contribution in [0.3, 0.4) is 0 Å². The minimum absolute atomic E-state index is 0.139. The van der Waals surface area contributed by atoms with E-state index in [0.29, 0.717) is 12.8 Å². The van der Waals surface area contributed by atoms with Crippen molar-refractivity contribution in [1.29, 1.82) is 0 Å². The highest BCUT2D eigenvalue weighted by molar-refractivity contribution is 7.88. The van der Waals surface area contributed by atoms with Gasteiger partial charge in [0.2, 0.25) is 15.9 Å². The van der Waals surface area contributed by atoms with Crippen LogP contribution in [0.4, 0.5) is 8.78 Å². The molecule has 1 atom stereocenters. The molecule has 0 saturated carbocycles. The fourth-order valence-corrected chi connectivity index (χ4v) is 5.04. The number of benzene rings is 2. The highest BCUT2D eigenvalue weighted by atomic mass is 32.2. The Morgan fingerprint density at radius 1 is 1.10 bits per heavy atom. The third-order valence-corrected chi connectivity index (χ3v) is 7.07. The average Bonchev–Trinajstić information content (AvgIpc) is 2.70. The Kier molecular flexibility index (Phi) is 6.64. The smallest absolute Gasteiger partial charge is 0.223 e. The van der Waals surface area contributed by atoms with Crippen molar-refractivity contribution < 1.29 is 22.0 Å². The molecule has 2 aromatic carbocycles. The summed E-state index contributed by atoms with van der Waals surface area (Å²) in [6, 6.07) is 11.5. The van der Waals surface area contributed by atoms with Crippen LogP contribution in [0.25, 0.3) is 0 Å². The van der Waals surface area contributed by atoms with Gasteiger partial charge in [-0.05, 0) is 43.5 Å². The lowest BCUT2D eigenvalue weighted by atomic mass is 9.96. The first-order valence-electron chi connectivity index (χ1n) is 9.53. The van der Waals surface area contributed by atoms with Crippen molar-refractivity contribution in [2.24, 2.45) is 5.92 Å². The lowest BCUT2D eigenvalue weighted by Crippen LogP contribution is -2.43. The standard InChI is InChI=1S/C21H24F2N2O3S/c1-15(16-6-8-19(22)9-7-16)24-21(26)17-10-12-25(13-11-17)29(27,28)14-18-4-2-3-5-20(18)23/h2-9,15,17H,10-14H2,1H3,(H,24,26)/t15-/m0/s1. The topological polar surface area (TPSA) is 66.5 Å². The maximum Gasteiger partial charge on any atom is 0.223 e. The number of nitrogens with one attached hydrogen (secondary N) is 1. The summed E-state index contributed by atoms with van der Waals surface area (Å²) in [5.41, 5.74) is 0.935. The Morgan fingerprint density at radius 2 is 1.72 bits per heavy atom. The number of hydrogen-bond donors (Lipinski definition) is 1. The molecule has 0 aromatic heterocycles. The third kappa shape index (κ3) is 5.39. The van der Waals surface area contributed by atoms with Crippen LogP contribution in [-0.2, 0) is 20.6 Å². The Bertz CT molecular complexity index is 956. The molecule has 0 aliphatic carbocycles. The molecular formula is C21H24F2N2O3S. The molecule has 0 spiro atoms. The Morgan fingerprint density at radius 3 is 2.34 bits per heavy atom. The number of sulfonamides is 1. The lowest BCUT2D eigenvalue weighted by molar-refractivity contribution is -0.126. The Labute approximate surface area is 169 Å². The number of halogens is 2. The van der Waals surface area contributed by atoms with Gasteiger partial charge >= 0.3 is 0 Å². The molecule has 1 aliphatic rings. The van der Waals surface area contributed by atoms with E-state index in [2.05, 4.69) is 5.32 Å². The molecule has 1 amide bonds. The molecule has 0 radical (unpaired) electrons. The van der Waals surface area contributed by atoms with E-state index in [1.165, 1.54) is 34.6 Å². The molecule has 1 saturated heterocycles. The molecule has 1 fully saturated rings. The van der Waals surface area contributed by atoms with Crippen LogP contribution < -0.4 is 5.32 Å². The third-order valence-electron chi connectivity index (χ3n) is 5.24. The number of nitrogens with zero attached hydrogens (tertiary/aromatic N) is 1. The SMILES string of the molecule is C[C@H](NC(=O)C1CCN(S(=O)(=O)Cc2ccccc2F)CC1)c1ccc(F)cc1. The maximum absolute atomic E-state index is 13.8. The number of piperidine rings is 1. The lowest BCUT2D eigenvalue weighted by Gasteiger charge is -2.31. The van der Waals surface area contributed by atoms with Crippen molar-refractivity contribution in [2.75, 3.05) is 13.1 Å². The van der Waals surface area contributed by atoms with Crippen molar-refractivity contribution in [1.82, 2.24) is 9.62 Å². The molecule has 0 unspecified atom stereocenters. The molecule has 1 heterocycles. The first-order valence-corrected chi connectivity index (χ1v) is 11.1. The van der Waals surface area contributed by atoms with Crippen molar-refractivity contribution in [3.63, 3.8) is 0 Å². The zero-order chi connectivity index (χ0) is 21.0. The van der Waals surface area contributed by atoms with Crippen LogP contribution in [0, 0.1) is 17.6 Å². The molecule has 3 rings (SSSR count). The van der Waals surface area contributed by atoms with Gasteiger partial charge in [0.15, 0.2) is 0 Å². The number of rotatable bonds is 6. The molecule has 29 heavy (non-hydrogen) atoms. The first kappa shape index (κ1) is 21.4. The van der Waals surface area contributed by atoms with Gasteiger partial charge in [-0.15, -0.1) is 0 Å². The Balaban J connectivity index is 1.54. The first-order chi connectivity index (χ1) is 13.8. The van der Waals surface area contributed by atoms with Crippen molar-refractivity contribution >= 4 is 15.9 Å². The second kappa shape index (κ2) is 9.00. The maximum atomic E-state index is 13.8. The summed E-state index contributed by atoms with van der Waals surface area (Å²) in [6.07, 6.45) is 0.803. The van der Waals surface area contributed by atoms with Gasteiger partial charge in [0, 0.05) is 24.6 Å². The fraction of sp³-hybridized carbons (Fsp3) is 0.381. The number of hydrogen-bond acceptors (Lipinski definition) is 3.